The van der Waals surface area contributed by atoms with Crippen LogP contribution in [0.2, 0.25) is 0 Å². The van der Waals surface area contributed by atoms with Crippen LogP contribution in [0.4, 0.5) is 5.69 Å². The Morgan fingerprint density at radius 2 is 2.24 bits per heavy atom. The van der Waals surface area contributed by atoms with Crippen molar-refractivity contribution in [2.45, 2.75) is 12.5 Å². The Morgan fingerprint density at radius 1 is 1.43 bits per heavy atom. The Kier molecular flexibility index (Phi) is 8.21. The number of nitrogen functional groups attached to an aromatic ring is 1. The highest BCUT2D eigenvalue weighted by atomic mass is 16.5. The SMILES string of the molecule is COCCN(CCC#N)CC(O)COc1cccc(N)c1. The van der Waals surface area contributed by atoms with Crippen LogP contribution in [0.15, 0.2) is 24.3 Å². The number of nitriles is 1. The number of aliphatic hydroxyl groups is 1. The summed E-state index contributed by atoms with van der Waals surface area (Å²) in [6, 6.07) is 9.19. The van der Waals surface area contributed by atoms with E-state index in [0.717, 1.165) is 0 Å². The summed E-state index contributed by atoms with van der Waals surface area (Å²) in [5.41, 5.74) is 6.28. The second kappa shape index (κ2) is 10.00. The van der Waals surface area contributed by atoms with Crippen LogP contribution in [0.25, 0.3) is 0 Å². The summed E-state index contributed by atoms with van der Waals surface area (Å²) >= 11 is 0. The number of ether oxygens (including phenoxy) is 2. The molecule has 21 heavy (non-hydrogen) atoms. The number of nitrogens with zero attached hydrogens (tertiary/aromatic N) is 2. The first kappa shape index (κ1) is 17.2. The summed E-state index contributed by atoms with van der Waals surface area (Å²) in [7, 11) is 1.63. The molecular weight excluding hydrogens is 270 g/mol. The third kappa shape index (κ3) is 7.51. The van der Waals surface area contributed by atoms with E-state index in [1.165, 1.54) is 0 Å². The largest absolute Gasteiger partial charge is 0.491 e. The molecule has 0 aromatic heterocycles. The van der Waals surface area contributed by atoms with Gasteiger partial charge < -0.3 is 20.3 Å². The van der Waals surface area contributed by atoms with Crippen LogP contribution in [0.1, 0.15) is 6.42 Å². The van der Waals surface area contributed by atoms with Crippen LogP contribution in [0.5, 0.6) is 5.75 Å². The summed E-state index contributed by atoms with van der Waals surface area (Å²) in [6.07, 6.45) is -0.214. The van der Waals surface area contributed by atoms with Crippen LogP contribution >= 0.6 is 0 Å². The van der Waals surface area contributed by atoms with Gasteiger partial charge in [0.15, 0.2) is 0 Å². The van der Waals surface area contributed by atoms with E-state index in [1.54, 1.807) is 31.4 Å². The normalized spacial score (nSPS) is 12.1. The Balaban J connectivity index is 2.38. The number of benzene rings is 1. The Morgan fingerprint density at radius 3 is 2.90 bits per heavy atom. The first-order valence-electron chi connectivity index (χ1n) is 6.90. The first-order valence-corrected chi connectivity index (χ1v) is 6.90. The molecule has 1 atom stereocenters. The zero-order chi connectivity index (χ0) is 15.5. The summed E-state index contributed by atoms with van der Waals surface area (Å²) in [5.74, 6) is 0.634. The van der Waals surface area contributed by atoms with Gasteiger partial charge in [-0.1, -0.05) is 6.07 Å². The van der Waals surface area contributed by atoms with E-state index in [-0.39, 0.29) is 6.61 Å². The van der Waals surface area contributed by atoms with Crippen molar-refractivity contribution in [3.05, 3.63) is 24.3 Å². The lowest BCUT2D eigenvalue weighted by Gasteiger charge is -2.23. The number of anilines is 1. The minimum atomic E-state index is -0.637. The molecule has 0 saturated carbocycles. The van der Waals surface area contributed by atoms with Crippen LogP contribution < -0.4 is 10.5 Å². The molecule has 6 heteroatoms. The molecule has 0 saturated heterocycles. The van der Waals surface area contributed by atoms with E-state index in [0.29, 0.717) is 44.1 Å². The average molecular weight is 293 g/mol. The number of nitrogens with two attached hydrogens (primary N) is 1. The van der Waals surface area contributed by atoms with E-state index in [4.69, 9.17) is 20.5 Å². The van der Waals surface area contributed by atoms with Gasteiger partial charge in [-0.2, -0.15) is 5.26 Å². The highest BCUT2D eigenvalue weighted by Crippen LogP contribution is 2.14. The third-order valence-electron chi connectivity index (χ3n) is 2.92. The maximum atomic E-state index is 10.0. The van der Waals surface area contributed by atoms with Crippen molar-refractivity contribution in [2.75, 3.05) is 45.7 Å². The molecule has 0 radical (unpaired) electrons. The molecule has 0 bridgehead atoms. The van der Waals surface area contributed by atoms with Crippen molar-refractivity contribution in [3.8, 4) is 11.8 Å². The Hall–Kier alpha value is -1.81. The molecular formula is C15H23N3O3. The monoisotopic (exact) mass is 293 g/mol. The minimum Gasteiger partial charge on any atom is -0.491 e. The second-order valence-corrected chi connectivity index (χ2v) is 4.74. The molecule has 0 aliphatic rings. The van der Waals surface area contributed by atoms with Crippen LogP contribution in [-0.4, -0.2) is 56.1 Å². The van der Waals surface area contributed by atoms with E-state index >= 15 is 0 Å². The number of rotatable bonds is 10. The van der Waals surface area contributed by atoms with E-state index < -0.39 is 6.10 Å². The van der Waals surface area contributed by atoms with Gasteiger partial charge in [0.1, 0.15) is 18.5 Å². The molecule has 3 N–H and O–H groups in total. The molecule has 0 aliphatic heterocycles. The van der Waals surface area contributed by atoms with E-state index in [9.17, 15) is 5.11 Å². The number of hydrogen-bond acceptors (Lipinski definition) is 6. The molecule has 1 aromatic carbocycles. The second-order valence-electron chi connectivity index (χ2n) is 4.74. The van der Waals surface area contributed by atoms with Crippen molar-refractivity contribution in [1.82, 2.24) is 4.90 Å². The van der Waals surface area contributed by atoms with Crippen molar-refractivity contribution < 1.29 is 14.6 Å². The standard InChI is InChI=1S/C15H23N3O3/c1-20-9-8-18(7-3-6-16)11-14(19)12-21-15-5-2-4-13(17)10-15/h2,4-5,10,14,19H,3,7-9,11-12,17H2,1H3. The van der Waals surface area contributed by atoms with Crippen molar-refractivity contribution >= 4 is 5.69 Å². The summed E-state index contributed by atoms with van der Waals surface area (Å²) < 4.78 is 10.5. The van der Waals surface area contributed by atoms with Gasteiger partial charge in [-0.05, 0) is 12.1 Å². The van der Waals surface area contributed by atoms with Crippen molar-refractivity contribution in [2.24, 2.45) is 0 Å². The molecule has 0 aliphatic carbocycles. The molecule has 0 spiro atoms. The van der Waals surface area contributed by atoms with Crippen molar-refractivity contribution in [1.29, 1.82) is 5.26 Å². The average Bonchev–Trinajstić information content (AvgIpc) is 2.48. The van der Waals surface area contributed by atoms with Gasteiger partial charge in [-0.25, -0.2) is 0 Å². The fourth-order valence-corrected chi connectivity index (χ4v) is 1.87. The lowest BCUT2D eigenvalue weighted by Crippen LogP contribution is -2.38. The van der Waals surface area contributed by atoms with E-state index in [1.807, 2.05) is 4.90 Å². The molecule has 1 aromatic rings. The topological polar surface area (TPSA) is 91.7 Å². The van der Waals surface area contributed by atoms with Gasteiger partial charge in [-0.3, -0.25) is 4.90 Å². The summed E-state index contributed by atoms with van der Waals surface area (Å²) in [6.45, 7) is 2.46. The lowest BCUT2D eigenvalue weighted by molar-refractivity contribution is 0.0580. The molecule has 0 heterocycles. The number of aliphatic hydroxyl groups excluding tert-OH is 1. The maximum Gasteiger partial charge on any atom is 0.121 e. The van der Waals surface area contributed by atoms with Gasteiger partial charge in [0, 0.05) is 44.9 Å². The predicted octanol–water partition coefficient (Wildman–Crippen LogP) is 0.871. The highest BCUT2D eigenvalue weighted by molar-refractivity contribution is 5.43. The van der Waals surface area contributed by atoms with Gasteiger partial charge in [-0.15, -0.1) is 0 Å². The van der Waals surface area contributed by atoms with Gasteiger partial charge in [0.2, 0.25) is 0 Å². The zero-order valence-corrected chi connectivity index (χ0v) is 12.4. The van der Waals surface area contributed by atoms with Crippen LogP contribution in [0.3, 0.4) is 0 Å². The van der Waals surface area contributed by atoms with Crippen molar-refractivity contribution in [3.63, 3.8) is 0 Å². The Bertz CT molecular complexity index is 448. The molecule has 0 fully saturated rings. The van der Waals surface area contributed by atoms with Crippen LogP contribution in [-0.2, 0) is 4.74 Å². The fourth-order valence-electron chi connectivity index (χ4n) is 1.87. The Labute approximate surface area is 125 Å². The number of methoxy groups -OCH3 is 1. The van der Waals surface area contributed by atoms with Gasteiger partial charge >= 0.3 is 0 Å². The third-order valence-corrected chi connectivity index (χ3v) is 2.92. The quantitative estimate of drug-likeness (QED) is 0.622. The van der Waals surface area contributed by atoms with Crippen LogP contribution in [0, 0.1) is 11.3 Å². The smallest absolute Gasteiger partial charge is 0.121 e. The first-order chi connectivity index (χ1) is 10.2. The predicted molar refractivity (Wildman–Crippen MR) is 80.9 cm³/mol. The summed E-state index contributed by atoms with van der Waals surface area (Å²) in [5, 5.41) is 18.7. The molecule has 0 amide bonds. The molecule has 1 rings (SSSR count). The number of hydrogen-bond donors (Lipinski definition) is 2. The molecule has 116 valence electrons. The zero-order valence-electron chi connectivity index (χ0n) is 12.4. The lowest BCUT2D eigenvalue weighted by atomic mass is 10.3. The minimum absolute atomic E-state index is 0.180. The van der Waals surface area contributed by atoms with Gasteiger partial charge in [0.05, 0.1) is 12.7 Å². The highest BCUT2D eigenvalue weighted by Gasteiger charge is 2.12. The fraction of sp³-hybridized carbons (Fsp3) is 0.533. The maximum absolute atomic E-state index is 10.0. The van der Waals surface area contributed by atoms with E-state index in [2.05, 4.69) is 6.07 Å². The molecule has 1 unspecified atom stereocenters. The van der Waals surface area contributed by atoms with Gasteiger partial charge in [0.25, 0.3) is 0 Å². The molecule has 6 nitrogen and oxygen atoms in total. The summed E-state index contributed by atoms with van der Waals surface area (Å²) in [4.78, 5) is 1.99.